The fourth-order valence-electron chi connectivity index (χ4n) is 4.45. The molecule has 9 N–H and O–H groups in total. The van der Waals surface area contributed by atoms with Gasteiger partial charge in [-0.3, -0.25) is 19.4 Å². The number of carbonyl (C=O) groups excluding carboxylic acids is 3. The van der Waals surface area contributed by atoms with Crippen molar-refractivity contribution in [2.75, 3.05) is 13.1 Å². The van der Waals surface area contributed by atoms with E-state index in [9.17, 15) is 14.4 Å². The summed E-state index contributed by atoms with van der Waals surface area (Å²) in [5.74, 6) is -1.25. The molecule has 0 radical (unpaired) electrons. The van der Waals surface area contributed by atoms with Crippen molar-refractivity contribution >= 4 is 23.6 Å². The molecule has 0 saturated heterocycles. The van der Waals surface area contributed by atoms with Gasteiger partial charge >= 0.3 is 0 Å². The topological polar surface area (TPSA) is 205 Å². The molecule has 1 unspecified atom stereocenters. The molecule has 0 aliphatic heterocycles. The van der Waals surface area contributed by atoms with Crippen LogP contribution in [0.5, 0.6) is 0 Å². The standard InChI is InChI=1S/C31H40N8O3/c32-17-3-1-6-25(30(34)41)39-26(40)16-11-22-9-14-24(15-10-22)23-12-7-21(8-13-23)5-2-4-18-38-29(33)27-28(31(35)42)37-20-19-36-27/h7-10,12-15,19-20,25H,1-6,11,16-18,32H2,(H2,33,38)(H2,34,41)(H2,35,42)(H,39,40). The number of nitrogens with two attached hydrogens (primary N) is 4. The molecular formula is C31H40N8O3. The van der Waals surface area contributed by atoms with Crippen molar-refractivity contribution in [2.24, 2.45) is 27.9 Å². The van der Waals surface area contributed by atoms with Crippen LogP contribution in [0.25, 0.3) is 11.1 Å². The first-order valence-electron chi connectivity index (χ1n) is 14.2. The smallest absolute Gasteiger partial charge is 0.269 e. The average molecular weight is 573 g/mol. The Bertz CT molecular complexity index is 1360. The van der Waals surface area contributed by atoms with Crippen LogP contribution in [-0.2, 0) is 22.4 Å². The first-order chi connectivity index (χ1) is 20.3. The van der Waals surface area contributed by atoms with E-state index in [4.69, 9.17) is 22.9 Å². The summed E-state index contributed by atoms with van der Waals surface area (Å²) < 4.78 is 0. The molecule has 0 aliphatic rings. The largest absolute Gasteiger partial charge is 0.382 e. The van der Waals surface area contributed by atoms with E-state index in [1.807, 2.05) is 24.3 Å². The predicted octanol–water partition coefficient (Wildman–Crippen LogP) is 2.00. The number of aliphatic imine (C=N–C) groups is 1. The van der Waals surface area contributed by atoms with E-state index in [0.29, 0.717) is 25.9 Å². The molecule has 1 heterocycles. The quantitative estimate of drug-likeness (QED) is 0.0923. The lowest BCUT2D eigenvalue weighted by atomic mass is 9.99. The lowest BCUT2D eigenvalue weighted by Crippen LogP contribution is -2.44. The maximum absolute atomic E-state index is 12.3. The summed E-state index contributed by atoms with van der Waals surface area (Å²) >= 11 is 0. The lowest BCUT2D eigenvalue weighted by molar-refractivity contribution is -0.127. The SMILES string of the molecule is NCCCCC(NC(=O)CCc1ccc(-c2ccc(CCCCN=C(N)c3nccnc3C(N)=O)cc2)cc1)C(N)=O. The highest BCUT2D eigenvalue weighted by molar-refractivity contribution is 6.05. The number of nitrogens with one attached hydrogen (secondary N) is 1. The molecule has 0 aliphatic carbocycles. The Labute approximate surface area is 246 Å². The van der Waals surface area contributed by atoms with Gasteiger partial charge in [-0.1, -0.05) is 48.5 Å². The second-order valence-electron chi connectivity index (χ2n) is 10.0. The van der Waals surface area contributed by atoms with Crippen molar-refractivity contribution in [3.63, 3.8) is 0 Å². The molecule has 1 aromatic heterocycles. The molecule has 0 spiro atoms. The Morgan fingerprint density at radius 3 is 1.93 bits per heavy atom. The van der Waals surface area contributed by atoms with E-state index in [1.54, 1.807) is 0 Å². The van der Waals surface area contributed by atoms with Crippen molar-refractivity contribution in [1.29, 1.82) is 0 Å². The molecule has 42 heavy (non-hydrogen) atoms. The van der Waals surface area contributed by atoms with E-state index in [0.717, 1.165) is 48.8 Å². The Balaban J connectivity index is 1.43. The van der Waals surface area contributed by atoms with Gasteiger partial charge in [-0.15, -0.1) is 0 Å². The predicted molar refractivity (Wildman–Crippen MR) is 163 cm³/mol. The van der Waals surface area contributed by atoms with Crippen LogP contribution in [-0.4, -0.2) is 52.7 Å². The van der Waals surface area contributed by atoms with Crippen LogP contribution in [0.15, 0.2) is 65.9 Å². The van der Waals surface area contributed by atoms with Crippen LogP contribution in [0.4, 0.5) is 0 Å². The third-order valence-electron chi connectivity index (χ3n) is 6.84. The molecule has 1 atom stereocenters. The number of unbranched alkanes of at least 4 members (excludes halogenated alkanes) is 2. The van der Waals surface area contributed by atoms with E-state index >= 15 is 0 Å². The van der Waals surface area contributed by atoms with Gasteiger partial charge in [0.1, 0.15) is 17.6 Å². The molecule has 3 rings (SSSR count). The van der Waals surface area contributed by atoms with Crippen LogP contribution < -0.4 is 28.3 Å². The maximum Gasteiger partial charge on any atom is 0.269 e. The number of aryl methyl sites for hydroxylation is 2. The van der Waals surface area contributed by atoms with Crippen LogP contribution in [0.2, 0.25) is 0 Å². The number of primary amides is 2. The zero-order valence-corrected chi connectivity index (χ0v) is 23.8. The lowest BCUT2D eigenvalue weighted by Gasteiger charge is -2.15. The number of nitrogens with zero attached hydrogens (tertiary/aromatic N) is 3. The highest BCUT2D eigenvalue weighted by Gasteiger charge is 2.17. The Morgan fingerprint density at radius 2 is 1.36 bits per heavy atom. The number of aromatic nitrogens is 2. The summed E-state index contributed by atoms with van der Waals surface area (Å²) in [6, 6.07) is 15.9. The van der Waals surface area contributed by atoms with Crippen LogP contribution in [0, 0.1) is 0 Å². The van der Waals surface area contributed by atoms with Crippen molar-refractivity contribution in [2.45, 2.75) is 57.4 Å². The van der Waals surface area contributed by atoms with Crippen LogP contribution in [0.3, 0.4) is 0 Å². The third-order valence-corrected chi connectivity index (χ3v) is 6.84. The van der Waals surface area contributed by atoms with Gasteiger partial charge in [-0.05, 0) is 73.7 Å². The van der Waals surface area contributed by atoms with Gasteiger partial charge in [0, 0.05) is 25.4 Å². The highest BCUT2D eigenvalue weighted by atomic mass is 16.2. The molecule has 2 aromatic carbocycles. The second kappa shape index (κ2) is 16.6. The molecule has 222 valence electrons. The van der Waals surface area contributed by atoms with Gasteiger partial charge in [0.05, 0.1) is 0 Å². The number of hydrogen-bond donors (Lipinski definition) is 5. The summed E-state index contributed by atoms with van der Waals surface area (Å²) in [6.45, 7) is 1.05. The van der Waals surface area contributed by atoms with Gasteiger partial charge in [0.25, 0.3) is 5.91 Å². The van der Waals surface area contributed by atoms with E-state index in [1.165, 1.54) is 18.0 Å². The molecule has 11 heteroatoms. The van der Waals surface area contributed by atoms with Crippen LogP contribution in [0.1, 0.15) is 65.8 Å². The number of rotatable bonds is 17. The first-order valence-corrected chi connectivity index (χ1v) is 14.2. The van der Waals surface area contributed by atoms with Gasteiger partial charge in [0.15, 0.2) is 5.69 Å². The Morgan fingerprint density at radius 1 is 0.762 bits per heavy atom. The van der Waals surface area contributed by atoms with E-state index < -0.39 is 17.9 Å². The summed E-state index contributed by atoms with van der Waals surface area (Å²) in [6.07, 6.45) is 8.36. The number of amidine groups is 1. The Hall–Kier alpha value is -4.64. The molecule has 11 nitrogen and oxygen atoms in total. The normalized spacial score (nSPS) is 12.1. The summed E-state index contributed by atoms with van der Waals surface area (Å²) in [7, 11) is 0. The second-order valence-corrected chi connectivity index (χ2v) is 10.0. The molecule has 0 saturated carbocycles. The molecule has 3 aromatic rings. The third kappa shape index (κ3) is 10.1. The first kappa shape index (κ1) is 31.9. The van der Waals surface area contributed by atoms with Gasteiger partial charge in [-0.25, -0.2) is 9.97 Å². The van der Waals surface area contributed by atoms with Crippen molar-refractivity contribution in [3.8, 4) is 11.1 Å². The number of carbonyl (C=O) groups is 3. The van der Waals surface area contributed by atoms with Gasteiger partial charge in [0.2, 0.25) is 11.8 Å². The van der Waals surface area contributed by atoms with Gasteiger partial charge < -0.3 is 28.3 Å². The zero-order valence-electron chi connectivity index (χ0n) is 23.8. The van der Waals surface area contributed by atoms with Crippen molar-refractivity contribution in [3.05, 3.63) is 83.4 Å². The fraction of sp³-hybridized carbons (Fsp3) is 0.355. The van der Waals surface area contributed by atoms with Crippen molar-refractivity contribution in [1.82, 2.24) is 15.3 Å². The minimum absolute atomic E-state index is 0.0148. The molecule has 0 fully saturated rings. The van der Waals surface area contributed by atoms with Crippen molar-refractivity contribution < 1.29 is 14.4 Å². The Kier molecular flexibility index (Phi) is 12.6. The zero-order chi connectivity index (χ0) is 30.3. The highest BCUT2D eigenvalue weighted by Crippen LogP contribution is 2.21. The summed E-state index contributed by atoms with van der Waals surface area (Å²) in [5.41, 5.74) is 26.9. The van der Waals surface area contributed by atoms with E-state index in [-0.39, 0.29) is 29.6 Å². The van der Waals surface area contributed by atoms with E-state index in [2.05, 4.69) is 44.5 Å². The summed E-state index contributed by atoms with van der Waals surface area (Å²) in [5, 5.41) is 2.74. The molecule has 0 bridgehead atoms. The fourth-order valence-corrected chi connectivity index (χ4v) is 4.45. The van der Waals surface area contributed by atoms with Gasteiger partial charge in [-0.2, -0.15) is 0 Å². The average Bonchev–Trinajstić information content (AvgIpc) is 3.00. The van der Waals surface area contributed by atoms with Crippen LogP contribution >= 0.6 is 0 Å². The number of hydrogen-bond acceptors (Lipinski definition) is 7. The monoisotopic (exact) mass is 572 g/mol. The summed E-state index contributed by atoms with van der Waals surface area (Å²) in [4.78, 5) is 47.8. The molecule has 3 amide bonds. The minimum Gasteiger partial charge on any atom is -0.382 e. The molecular weight excluding hydrogens is 532 g/mol. The maximum atomic E-state index is 12.3. The minimum atomic E-state index is -0.693. The number of amides is 3. The number of benzene rings is 2.